The molecule has 10 heteroatoms. The molecule has 0 atom stereocenters. The third-order valence-corrected chi connectivity index (χ3v) is 10.5. The normalized spacial score (nSPS) is 14.9. The summed E-state index contributed by atoms with van der Waals surface area (Å²) >= 11 is 0. The third-order valence-electron chi connectivity index (χ3n) is 10.5. The maximum absolute atomic E-state index is 13.8. The minimum Gasteiger partial charge on any atom is -0.457 e. The van der Waals surface area contributed by atoms with E-state index < -0.39 is 28.9 Å². The molecule has 0 aromatic heterocycles. The van der Waals surface area contributed by atoms with E-state index >= 15 is 0 Å². The van der Waals surface area contributed by atoms with E-state index in [0.29, 0.717) is 5.92 Å². The number of alkyl halides is 6. The molecule has 1 aliphatic carbocycles. The quantitative estimate of drug-likeness (QED) is 0.0758. The maximum Gasteiger partial charge on any atom is 0.420 e. The third kappa shape index (κ3) is 8.97. The van der Waals surface area contributed by atoms with Gasteiger partial charge in [0, 0.05) is 16.8 Å². The number of ether oxygens (including phenoxy) is 2. The van der Waals surface area contributed by atoms with Crippen LogP contribution in [-0.4, -0.2) is 0 Å². The Morgan fingerprint density at radius 3 is 1.48 bits per heavy atom. The number of anilines is 2. The Hall–Kier alpha value is -5.12. The van der Waals surface area contributed by atoms with Gasteiger partial charge in [-0.15, -0.1) is 0 Å². The lowest BCUT2D eigenvalue weighted by Crippen LogP contribution is -2.32. The molecule has 0 bridgehead atoms. The lowest BCUT2D eigenvalue weighted by Gasteiger charge is -2.41. The zero-order valence-electron chi connectivity index (χ0n) is 30.1. The summed E-state index contributed by atoms with van der Waals surface area (Å²) in [4.78, 5) is 0. The van der Waals surface area contributed by atoms with E-state index in [4.69, 9.17) is 20.9 Å². The first-order chi connectivity index (χ1) is 25.7. The van der Waals surface area contributed by atoms with Crippen LogP contribution in [-0.2, 0) is 24.2 Å². The van der Waals surface area contributed by atoms with Gasteiger partial charge in [0.2, 0.25) is 0 Å². The molecule has 4 N–H and O–H groups in total. The number of nitrogen functional groups attached to an aromatic ring is 2. The van der Waals surface area contributed by atoms with Crippen molar-refractivity contribution in [2.45, 2.75) is 88.4 Å². The van der Waals surface area contributed by atoms with Crippen molar-refractivity contribution in [3.8, 4) is 23.0 Å². The molecule has 54 heavy (non-hydrogen) atoms. The molecule has 0 amide bonds. The van der Waals surface area contributed by atoms with E-state index in [1.807, 2.05) is 24.3 Å². The van der Waals surface area contributed by atoms with E-state index in [2.05, 4.69) is 31.2 Å². The summed E-state index contributed by atoms with van der Waals surface area (Å²) in [5.74, 6) is 0.116. The fourth-order valence-corrected chi connectivity index (χ4v) is 7.55. The lowest BCUT2D eigenvalue weighted by molar-refractivity contribution is -0.139. The number of hydrogen-bond acceptors (Lipinski definition) is 4. The molecule has 1 saturated carbocycles. The van der Waals surface area contributed by atoms with Crippen LogP contribution in [0.1, 0.15) is 97.6 Å². The lowest BCUT2D eigenvalue weighted by atomic mass is 9.62. The monoisotopic (exact) mass is 746 g/mol. The van der Waals surface area contributed by atoms with E-state index in [1.54, 1.807) is 24.3 Å². The maximum atomic E-state index is 13.8. The first-order valence-corrected chi connectivity index (χ1v) is 18.3. The van der Waals surface area contributed by atoms with Crippen molar-refractivity contribution < 1.29 is 35.8 Å². The summed E-state index contributed by atoms with van der Waals surface area (Å²) in [6.07, 6.45) is -0.0747. The number of aryl methyl sites for hydroxylation is 1. The van der Waals surface area contributed by atoms with Crippen LogP contribution in [0.5, 0.6) is 23.0 Å². The smallest absolute Gasteiger partial charge is 0.420 e. The first-order valence-electron chi connectivity index (χ1n) is 18.3. The fourth-order valence-electron chi connectivity index (χ4n) is 7.55. The molecule has 5 aromatic carbocycles. The molecule has 5 aromatic rings. The number of halogens is 6. The van der Waals surface area contributed by atoms with Crippen LogP contribution in [0.25, 0.3) is 0 Å². The average Bonchev–Trinajstić information content (AvgIpc) is 3.15. The van der Waals surface area contributed by atoms with Crippen LogP contribution in [0.4, 0.5) is 37.7 Å². The molecule has 0 heterocycles. The Morgan fingerprint density at radius 2 is 1.06 bits per heavy atom. The van der Waals surface area contributed by atoms with Gasteiger partial charge in [-0.3, -0.25) is 0 Å². The topological polar surface area (TPSA) is 70.5 Å². The molecule has 0 saturated heterocycles. The highest BCUT2D eigenvalue weighted by atomic mass is 19.4. The Balaban J connectivity index is 1.27. The Bertz CT molecular complexity index is 1890. The molecular formula is C44H44F6N2O2. The van der Waals surface area contributed by atoms with Gasteiger partial charge in [-0.25, -0.2) is 0 Å². The summed E-state index contributed by atoms with van der Waals surface area (Å²) in [5, 5.41) is 0. The summed E-state index contributed by atoms with van der Waals surface area (Å²) in [6, 6.07) is 29.9. The first kappa shape index (κ1) is 38.6. The zero-order valence-corrected chi connectivity index (χ0v) is 30.1. The molecule has 6 rings (SSSR count). The second kappa shape index (κ2) is 16.1. The van der Waals surface area contributed by atoms with Crippen molar-refractivity contribution in [2.75, 3.05) is 11.5 Å². The van der Waals surface area contributed by atoms with Crippen molar-refractivity contribution in [3.05, 3.63) is 143 Å². The molecule has 4 nitrogen and oxygen atoms in total. The van der Waals surface area contributed by atoms with Gasteiger partial charge in [-0.05, 0) is 127 Å². The minimum atomic E-state index is -4.65. The molecule has 0 unspecified atom stereocenters. The molecule has 0 aliphatic heterocycles. The molecule has 0 radical (unpaired) electrons. The van der Waals surface area contributed by atoms with Gasteiger partial charge in [-0.1, -0.05) is 74.7 Å². The van der Waals surface area contributed by atoms with Crippen molar-refractivity contribution in [1.82, 2.24) is 0 Å². The highest BCUT2D eigenvalue weighted by molar-refractivity contribution is 5.53. The van der Waals surface area contributed by atoms with Gasteiger partial charge >= 0.3 is 12.4 Å². The largest absolute Gasteiger partial charge is 0.457 e. The number of nitrogens with two attached hydrogens (primary N) is 2. The Labute approximate surface area is 312 Å². The summed E-state index contributed by atoms with van der Waals surface area (Å²) < 4.78 is 94.0. The van der Waals surface area contributed by atoms with Gasteiger partial charge < -0.3 is 20.9 Å². The SMILES string of the molecule is CCCCCCc1ccc(C2CCC(c3ccc(Oc4ccc(N)cc4C(F)(F)F)cc3)(c3ccc(Oc4ccc(N)cc4C(F)(F)F)cc3)CC2)cc1. The zero-order chi connectivity index (χ0) is 38.5. The minimum absolute atomic E-state index is 0.0217. The summed E-state index contributed by atoms with van der Waals surface area (Å²) in [7, 11) is 0. The summed E-state index contributed by atoms with van der Waals surface area (Å²) in [5.41, 5.74) is 13.4. The van der Waals surface area contributed by atoms with Crippen LogP contribution >= 0.6 is 0 Å². The second-order valence-corrected chi connectivity index (χ2v) is 14.2. The fraction of sp³-hybridized carbons (Fsp3) is 0.318. The second-order valence-electron chi connectivity index (χ2n) is 14.2. The van der Waals surface area contributed by atoms with Crippen molar-refractivity contribution in [1.29, 1.82) is 0 Å². The van der Waals surface area contributed by atoms with Crippen molar-refractivity contribution in [3.63, 3.8) is 0 Å². The van der Waals surface area contributed by atoms with Crippen LogP contribution in [0.15, 0.2) is 109 Å². The van der Waals surface area contributed by atoms with Crippen LogP contribution in [0, 0.1) is 0 Å². The number of hydrogen-bond donors (Lipinski definition) is 2. The molecule has 1 fully saturated rings. The van der Waals surface area contributed by atoms with Gasteiger partial charge in [0.1, 0.15) is 34.1 Å². The van der Waals surface area contributed by atoms with Crippen LogP contribution < -0.4 is 20.9 Å². The molecule has 0 spiro atoms. The number of benzene rings is 5. The van der Waals surface area contributed by atoms with Crippen molar-refractivity contribution in [2.24, 2.45) is 0 Å². The molecular weight excluding hydrogens is 702 g/mol. The molecule has 284 valence electrons. The van der Waals surface area contributed by atoms with Gasteiger partial charge in [0.25, 0.3) is 0 Å². The van der Waals surface area contributed by atoms with Crippen molar-refractivity contribution >= 4 is 11.4 Å². The molecule has 1 aliphatic rings. The van der Waals surface area contributed by atoms with Gasteiger partial charge in [0.15, 0.2) is 0 Å². The predicted octanol–water partition coefficient (Wildman–Crippen LogP) is 13.2. The highest BCUT2D eigenvalue weighted by Gasteiger charge is 2.40. The number of rotatable bonds is 12. The van der Waals surface area contributed by atoms with Gasteiger partial charge in [-0.2, -0.15) is 26.3 Å². The highest BCUT2D eigenvalue weighted by Crippen LogP contribution is 2.50. The van der Waals surface area contributed by atoms with E-state index in [-0.39, 0.29) is 34.4 Å². The average molecular weight is 747 g/mol. The Morgan fingerprint density at radius 1 is 0.593 bits per heavy atom. The summed E-state index contributed by atoms with van der Waals surface area (Å²) in [6.45, 7) is 2.21. The van der Waals surface area contributed by atoms with Crippen LogP contribution in [0.3, 0.4) is 0 Å². The predicted molar refractivity (Wildman–Crippen MR) is 201 cm³/mol. The Kier molecular flexibility index (Phi) is 11.5. The standard InChI is InChI=1S/C44H44F6N2O2/c1-2-3-4-5-6-29-7-9-30(10-8-29)31-23-25-42(26-24-31,32-11-17-36(18-12-32)53-40-21-15-34(51)27-38(40)43(45,46)47)33-13-19-37(20-14-33)54-41-22-16-35(52)28-39(41)44(48,49)50/h7-22,27-28,31H,2-6,23-26,51-52H2,1H3. The van der Waals surface area contributed by atoms with E-state index in [1.165, 1.54) is 61.1 Å². The van der Waals surface area contributed by atoms with E-state index in [9.17, 15) is 26.3 Å². The number of unbranched alkanes of at least 4 members (excludes halogenated alkanes) is 3. The van der Waals surface area contributed by atoms with Crippen LogP contribution in [0.2, 0.25) is 0 Å². The van der Waals surface area contributed by atoms with E-state index in [0.717, 1.165) is 55.4 Å². The van der Waals surface area contributed by atoms with Gasteiger partial charge in [0.05, 0.1) is 0 Å².